The van der Waals surface area contributed by atoms with Crippen LogP contribution in [0.2, 0.25) is 0 Å². The fraction of sp³-hybridized carbons (Fsp3) is 0.200. The molecule has 25 heavy (non-hydrogen) atoms. The van der Waals surface area contributed by atoms with Gasteiger partial charge >= 0.3 is 6.18 Å². The summed E-state index contributed by atoms with van der Waals surface area (Å²) in [6.07, 6.45) is -4.94. The number of alkyl halides is 3. The number of nitrogens with one attached hydrogen (secondary N) is 1. The van der Waals surface area contributed by atoms with Gasteiger partial charge in [0, 0.05) is 6.54 Å². The van der Waals surface area contributed by atoms with Crippen molar-refractivity contribution in [3.63, 3.8) is 0 Å². The molecule has 0 aliphatic carbocycles. The smallest absolute Gasteiger partial charge is 0.435 e. The number of aryl methyl sites for hydroxylation is 1. The molecule has 2 heterocycles. The molecule has 0 bridgehead atoms. The lowest BCUT2D eigenvalue weighted by Gasteiger charge is -2.09. The highest BCUT2D eigenvalue weighted by atomic mass is 19.4. The number of hydrogen-bond acceptors (Lipinski definition) is 3. The average Bonchev–Trinajstić information content (AvgIpc) is 2.90. The van der Waals surface area contributed by atoms with Crippen LogP contribution in [0.4, 0.5) is 22.0 Å². The zero-order valence-corrected chi connectivity index (χ0v) is 12.6. The van der Waals surface area contributed by atoms with Gasteiger partial charge in [0.25, 0.3) is 0 Å². The molecule has 0 saturated carbocycles. The fourth-order valence-corrected chi connectivity index (χ4v) is 2.56. The summed E-state index contributed by atoms with van der Waals surface area (Å²) in [5.41, 5.74) is -4.71. The van der Waals surface area contributed by atoms with Crippen molar-refractivity contribution in [1.29, 1.82) is 0 Å². The minimum atomic E-state index is -4.94. The molecule has 2 aromatic heterocycles. The first kappa shape index (κ1) is 16.9. The summed E-state index contributed by atoms with van der Waals surface area (Å²) in [7, 11) is 0. The van der Waals surface area contributed by atoms with E-state index in [1.165, 1.54) is 6.92 Å². The van der Waals surface area contributed by atoms with Crippen LogP contribution in [0.5, 0.6) is 5.75 Å². The third kappa shape index (κ3) is 2.53. The van der Waals surface area contributed by atoms with Crippen LogP contribution < -0.4 is 5.43 Å². The second-order valence-corrected chi connectivity index (χ2v) is 5.16. The maximum Gasteiger partial charge on any atom is 0.435 e. The van der Waals surface area contributed by atoms with Crippen LogP contribution >= 0.6 is 0 Å². The van der Waals surface area contributed by atoms with Crippen LogP contribution in [0, 0.1) is 11.6 Å². The molecule has 1 aromatic carbocycles. The number of fused-ring (bicyclic) bond motifs is 1. The minimum absolute atomic E-state index is 0.0491. The van der Waals surface area contributed by atoms with Crippen molar-refractivity contribution in [3.05, 3.63) is 45.8 Å². The number of H-pyrrole nitrogens is 1. The first-order valence-electron chi connectivity index (χ1n) is 7.04. The van der Waals surface area contributed by atoms with Gasteiger partial charge in [-0.25, -0.2) is 13.5 Å². The Morgan fingerprint density at radius 2 is 1.84 bits per heavy atom. The van der Waals surface area contributed by atoms with Crippen molar-refractivity contribution in [2.45, 2.75) is 19.6 Å². The van der Waals surface area contributed by atoms with Gasteiger partial charge in [-0.1, -0.05) is 6.07 Å². The van der Waals surface area contributed by atoms with E-state index in [0.29, 0.717) is 0 Å². The molecule has 3 rings (SSSR count). The van der Waals surface area contributed by atoms with E-state index in [0.717, 1.165) is 22.9 Å². The van der Waals surface area contributed by atoms with Gasteiger partial charge in [-0.2, -0.15) is 18.3 Å². The molecule has 0 aliphatic rings. The largest absolute Gasteiger partial charge is 0.503 e. The van der Waals surface area contributed by atoms with Gasteiger partial charge in [0.15, 0.2) is 11.4 Å². The minimum Gasteiger partial charge on any atom is -0.503 e. The van der Waals surface area contributed by atoms with E-state index in [-0.39, 0.29) is 6.54 Å². The highest BCUT2D eigenvalue weighted by Crippen LogP contribution is 2.36. The van der Waals surface area contributed by atoms with Crippen molar-refractivity contribution in [2.75, 3.05) is 0 Å². The lowest BCUT2D eigenvalue weighted by molar-refractivity contribution is -0.140. The van der Waals surface area contributed by atoms with Crippen molar-refractivity contribution < 1.29 is 27.1 Å². The van der Waals surface area contributed by atoms with Crippen LogP contribution in [0.15, 0.2) is 23.0 Å². The molecule has 0 radical (unpaired) electrons. The van der Waals surface area contributed by atoms with Gasteiger partial charge in [0.1, 0.15) is 22.7 Å². The average molecular weight is 359 g/mol. The van der Waals surface area contributed by atoms with Crippen LogP contribution in [0.1, 0.15) is 12.6 Å². The van der Waals surface area contributed by atoms with E-state index in [9.17, 15) is 31.9 Å². The second-order valence-electron chi connectivity index (χ2n) is 5.16. The Kier molecular flexibility index (Phi) is 3.77. The molecule has 5 nitrogen and oxygen atoms in total. The number of aromatic hydroxyl groups is 1. The van der Waals surface area contributed by atoms with Gasteiger partial charge in [0.2, 0.25) is 5.43 Å². The van der Waals surface area contributed by atoms with Crippen molar-refractivity contribution in [1.82, 2.24) is 14.8 Å². The lowest BCUT2D eigenvalue weighted by atomic mass is 10.1. The van der Waals surface area contributed by atoms with Gasteiger partial charge < -0.3 is 10.1 Å². The number of hydrogen-bond donors (Lipinski definition) is 2. The fourth-order valence-electron chi connectivity index (χ4n) is 2.56. The van der Waals surface area contributed by atoms with E-state index in [2.05, 4.69) is 10.1 Å². The van der Waals surface area contributed by atoms with E-state index in [4.69, 9.17) is 0 Å². The number of pyridine rings is 1. The molecule has 0 amide bonds. The standard InChI is InChI=1S/C15H10F5N3O2/c1-2-23-14-9(13(22-23)15(18,19)20)11(24)12(25)10(21-14)8-6(16)4-3-5-7(8)17/h3-5,25H,2H2,1H3,(H,21,24). The number of nitrogens with zero attached hydrogens (tertiary/aromatic N) is 2. The summed E-state index contributed by atoms with van der Waals surface area (Å²) in [5.74, 6) is -3.41. The van der Waals surface area contributed by atoms with E-state index in [1.807, 2.05) is 0 Å². The highest BCUT2D eigenvalue weighted by Gasteiger charge is 2.39. The molecular weight excluding hydrogens is 349 g/mol. The number of benzene rings is 1. The number of rotatable bonds is 2. The SMILES string of the molecule is CCn1nc(C(F)(F)F)c2c(=O)c(O)c(-c3c(F)cccc3F)[nH]c21. The number of aromatic amines is 1. The monoisotopic (exact) mass is 359 g/mol. The molecule has 3 aromatic rings. The Balaban J connectivity index is 2.47. The zero-order valence-electron chi connectivity index (χ0n) is 12.6. The zero-order chi connectivity index (χ0) is 18.5. The Morgan fingerprint density at radius 3 is 2.36 bits per heavy atom. The summed E-state index contributed by atoms with van der Waals surface area (Å²) < 4.78 is 68.0. The maximum absolute atomic E-state index is 13.9. The van der Waals surface area contributed by atoms with Crippen molar-refractivity contribution in [3.8, 4) is 17.0 Å². The summed E-state index contributed by atoms with van der Waals surface area (Å²) in [6.45, 7) is 1.42. The highest BCUT2D eigenvalue weighted by molar-refractivity contribution is 5.85. The topological polar surface area (TPSA) is 70.9 Å². The Bertz CT molecular complexity index is 1020. The quantitative estimate of drug-likeness (QED) is 0.689. The number of halogens is 5. The second kappa shape index (κ2) is 5.57. The van der Waals surface area contributed by atoms with Crippen LogP contribution in [0.25, 0.3) is 22.3 Å². The van der Waals surface area contributed by atoms with Gasteiger partial charge in [0.05, 0.1) is 11.3 Å². The van der Waals surface area contributed by atoms with E-state index < -0.39 is 57.0 Å². The molecule has 0 aliphatic heterocycles. The third-order valence-electron chi connectivity index (χ3n) is 3.66. The molecule has 0 atom stereocenters. The number of aromatic nitrogens is 3. The maximum atomic E-state index is 13.9. The first-order valence-corrected chi connectivity index (χ1v) is 7.04. The first-order chi connectivity index (χ1) is 11.7. The third-order valence-corrected chi connectivity index (χ3v) is 3.66. The van der Waals surface area contributed by atoms with Crippen molar-refractivity contribution >= 4 is 11.0 Å². The summed E-state index contributed by atoms with van der Waals surface area (Å²) in [6, 6.07) is 2.84. The van der Waals surface area contributed by atoms with Crippen molar-refractivity contribution in [2.24, 2.45) is 0 Å². The Labute approximate surface area is 136 Å². The lowest BCUT2D eigenvalue weighted by Crippen LogP contribution is -2.12. The van der Waals surface area contributed by atoms with Crippen LogP contribution in [-0.2, 0) is 12.7 Å². The molecule has 0 spiro atoms. The molecule has 2 N–H and O–H groups in total. The molecule has 10 heteroatoms. The molecular formula is C15H10F5N3O2. The van der Waals surface area contributed by atoms with Crippen LogP contribution in [-0.4, -0.2) is 19.9 Å². The van der Waals surface area contributed by atoms with E-state index >= 15 is 0 Å². The van der Waals surface area contributed by atoms with E-state index in [1.54, 1.807) is 0 Å². The van der Waals surface area contributed by atoms with Crippen LogP contribution in [0.3, 0.4) is 0 Å². The summed E-state index contributed by atoms with van der Waals surface area (Å²) in [4.78, 5) is 14.6. The molecule has 0 fully saturated rings. The summed E-state index contributed by atoms with van der Waals surface area (Å²) >= 11 is 0. The van der Waals surface area contributed by atoms with Gasteiger partial charge in [-0.05, 0) is 19.1 Å². The van der Waals surface area contributed by atoms with Gasteiger partial charge in [-0.3, -0.25) is 4.79 Å². The molecule has 0 saturated heterocycles. The Morgan fingerprint density at radius 1 is 1.24 bits per heavy atom. The predicted molar refractivity (Wildman–Crippen MR) is 78.0 cm³/mol. The van der Waals surface area contributed by atoms with Gasteiger partial charge in [-0.15, -0.1) is 0 Å². The normalized spacial score (nSPS) is 12.1. The predicted octanol–water partition coefficient (Wildman–Crippen LogP) is 3.41. The molecule has 132 valence electrons. The summed E-state index contributed by atoms with van der Waals surface area (Å²) in [5, 5.41) is 12.4. The Hall–Kier alpha value is -2.91. The molecule has 0 unspecified atom stereocenters.